The van der Waals surface area contributed by atoms with Gasteiger partial charge in [-0.2, -0.15) is 0 Å². The summed E-state index contributed by atoms with van der Waals surface area (Å²) >= 11 is 0. The maximum Gasteiger partial charge on any atom is 0.255 e. The summed E-state index contributed by atoms with van der Waals surface area (Å²) in [4.78, 5) is 12.6. The van der Waals surface area contributed by atoms with Gasteiger partial charge in [-0.1, -0.05) is 6.07 Å². The van der Waals surface area contributed by atoms with E-state index < -0.39 is 15.9 Å². The Morgan fingerprint density at radius 1 is 1.00 bits per heavy atom. The van der Waals surface area contributed by atoms with Crippen LogP contribution in [-0.2, 0) is 10.0 Å². The normalized spacial score (nSPS) is 11.3. The molecule has 7 nitrogen and oxygen atoms in total. The Morgan fingerprint density at radius 2 is 1.67 bits per heavy atom. The zero-order valence-electron chi connectivity index (χ0n) is 15.9. The summed E-state index contributed by atoms with van der Waals surface area (Å²) in [5, 5.41) is 2.75. The number of carbonyl (C=O) groups is 1. The summed E-state index contributed by atoms with van der Waals surface area (Å²) in [5.74, 6) is 0.704. The molecule has 0 aromatic heterocycles. The van der Waals surface area contributed by atoms with Crippen molar-refractivity contribution in [1.82, 2.24) is 4.31 Å². The molecule has 2 rings (SSSR count). The summed E-state index contributed by atoms with van der Waals surface area (Å²) in [6, 6.07) is 11.0. The highest BCUT2D eigenvalue weighted by Crippen LogP contribution is 2.31. The van der Waals surface area contributed by atoms with Crippen molar-refractivity contribution in [3.63, 3.8) is 0 Å². The third-order valence-corrected chi connectivity index (χ3v) is 5.49. The second-order valence-corrected chi connectivity index (χ2v) is 7.95. The molecule has 27 heavy (non-hydrogen) atoms. The van der Waals surface area contributed by atoms with Crippen LogP contribution in [0.4, 0.5) is 5.69 Å². The SMILES string of the molecule is CCOc1ccc(NC(=O)c2cccc(S(=O)(=O)N(C)C)c2)cc1OCC. The predicted octanol–water partition coefficient (Wildman–Crippen LogP) is 2.99. The van der Waals surface area contributed by atoms with Crippen LogP contribution in [0.3, 0.4) is 0 Å². The van der Waals surface area contributed by atoms with Gasteiger partial charge in [-0.3, -0.25) is 4.79 Å². The van der Waals surface area contributed by atoms with Gasteiger partial charge in [-0.05, 0) is 44.2 Å². The smallest absolute Gasteiger partial charge is 0.255 e. The van der Waals surface area contributed by atoms with Crippen molar-refractivity contribution in [2.45, 2.75) is 18.7 Å². The predicted molar refractivity (Wildman–Crippen MR) is 104 cm³/mol. The van der Waals surface area contributed by atoms with Gasteiger partial charge >= 0.3 is 0 Å². The van der Waals surface area contributed by atoms with Crippen LogP contribution >= 0.6 is 0 Å². The minimum Gasteiger partial charge on any atom is -0.490 e. The Morgan fingerprint density at radius 3 is 2.30 bits per heavy atom. The minimum absolute atomic E-state index is 0.0573. The molecule has 0 atom stereocenters. The van der Waals surface area contributed by atoms with Crippen molar-refractivity contribution >= 4 is 21.6 Å². The Bertz CT molecular complexity index is 910. The van der Waals surface area contributed by atoms with E-state index >= 15 is 0 Å². The van der Waals surface area contributed by atoms with E-state index in [-0.39, 0.29) is 10.5 Å². The summed E-state index contributed by atoms with van der Waals surface area (Å²) in [5.41, 5.74) is 0.762. The highest BCUT2D eigenvalue weighted by atomic mass is 32.2. The fraction of sp³-hybridized carbons (Fsp3) is 0.316. The number of ether oxygens (including phenoxy) is 2. The molecule has 8 heteroatoms. The number of hydrogen-bond acceptors (Lipinski definition) is 5. The van der Waals surface area contributed by atoms with E-state index in [1.165, 1.54) is 32.3 Å². The first-order valence-corrected chi connectivity index (χ1v) is 9.97. The minimum atomic E-state index is -3.61. The zero-order chi connectivity index (χ0) is 20.0. The number of carbonyl (C=O) groups excluding carboxylic acids is 1. The fourth-order valence-corrected chi connectivity index (χ4v) is 3.29. The fourth-order valence-electron chi connectivity index (χ4n) is 2.34. The number of anilines is 1. The Kier molecular flexibility index (Phi) is 6.81. The number of hydrogen-bond donors (Lipinski definition) is 1. The van der Waals surface area contributed by atoms with Crippen LogP contribution in [0.25, 0.3) is 0 Å². The summed E-state index contributed by atoms with van der Waals surface area (Å²) in [6.07, 6.45) is 0. The van der Waals surface area contributed by atoms with E-state index in [0.717, 1.165) is 4.31 Å². The van der Waals surface area contributed by atoms with Crippen LogP contribution < -0.4 is 14.8 Å². The van der Waals surface area contributed by atoms with Crippen molar-refractivity contribution in [2.24, 2.45) is 0 Å². The molecule has 146 valence electrons. The van der Waals surface area contributed by atoms with E-state index in [2.05, 4.69) is 5.32 Å². The number of benzene rings is 2. The number of sulfonamides is 1. The molecule has 0 aliphatic rings. The molecular weight excluding hydrogens is 368 g/mol. The van der Waals surface area contributed by atoms with Crippen LogP contribution in [0.2, 0.25) is 0 Å². The van der Waals surface area contributed by atoms with Crippen molar-refractivity contribution in [1.29, 1.82) is 0 Å². The molecule has 2 aromatic rings. The molecule has 0 heterocycles. The van der Waals surface area contributed by atoms with Crippen LogP contribution in [-0.4, -0.2) is 45.9 Å². The Hall–Kier alpha value is -2.58. The quantitative estimate of drug-likeness (QED) is 0.746. The van der Waals surface area contributed by atoms with E-state index in [9.17, 15) is 13.2 Å². The lowest BCUT2D eigenvalue weighted by molar-refractivity contribution is 0.102. The van der Waals surface area contributed by atoms with Gasteiger partial charge in [0, 0.05) is 31.4 Å². The molecule has 2 aromatic carbocycles. The lowest BCUT2D eigenvalue weighted by atomic mass is 10.2. The summed E-state index contributed by atoms with van der Waals surface area (Å²) < 4.78 is 36.6. The third kappa shape index (κ3) is 4.99. The number of amides is 1. The summed E-state index contributed by atoms with van der Waals surface area (Å²) in [7, 11) is -0.732. The molecule has 0 bridgehead atoms. The average molecular weight is 392 g/mol. The molecule has 0 spiro atoms. The highest BCUT2D eigenvalue weighted by Gasteiger charge is 2.19. The van der Waals surface area contributed by atoms with Gasteiger partial charge in [-0.15, -0.1) is 0 Å². The topological polar surface area (TPSA) is 84.9 Å². The van der Waals surface area contributed by atoms with Crippen molar-refractivity contribution in [2.75, 3.05) is 32.6 Å². The lowest BCUT2D eigenvalue weighted by Crippen LogP contribution is -2.22. The molecule has 0 unspecified atom stereocenters. The van der Waals surface area contributed by atoms with Gasteiger partial charge < -0.3 is 14.8 Å². The molecule has 1 amide bonds. The Labute approximate surface area is 160 Å². The van der Waals surface area contributed by atoms with E-state index in [1.807, 2.05) is 13.8 Å². The molecule has 0 aliphatic heterocycles. The van der Waals surface area contributed by atoms with Gasteiger partial charge in [0.15, 0.2) is 11.5 Å². The van der Waals surface area contributed by atoms with Crippen LogP contribution in [0, 0.1) is 0 Å². The Balaban J connectivity index is 2.26. The molecule has 0 radical (unpaired) electrons. The monoisotopic (exact) mass is 392 g/mol. The lowest BCUT2D eigenvalue weighted by Gasteiger charge is -2.14. The van der Waals surface area contributed by atoms with Gasteiger partial charge in [0.05, 0.1) is 18.1 Å². The maximum atomic E-state index is 12.6. The van der Waals surface area contributed by atoms with Crippen LogP contribution in [0.1, 0.15) is 24.2 Å². The van der Waals surface area contributed by atoms with Crippen LogP contribution in [0.5, 0.6) is 11.5 Å². The van der Waals surface area contributed by atoms with Crippen molar-refractivity contribution in [3.8, 4) is 11.5 Å². The maximum absolute atomic E-state index is 12.6. The van der Waals surface area contributed by atoms with Gasteiger partial charge in [-0.25, -0.2) is 12.7 Å². The van der Waals surface area contributed by atoms with Crippen LogP contribution in [0.15, 0.2) is 47.4 Å². The van der Waals surface area contributed by atoms with Crippen molar-refractivity contribution < 1.29 is 22.7 Å². The molecule has 0 fully saturated rings. The average Bonchev–Trinajstić information content (AvgIpc) is 2.64. The zero-order valence-corrected chi connectivity index (χ0v) is 16.7. The highest BCUT2D eigenvalue weighted by molar-refractivity contribution is 7.89. The molecular formula is C19H24N2O5S. The second-order valence-electron chi connectivity index (χ2n) is 5.80. The first kappa shape index (κ1) is 20.7. The van der Waals surface area contributed by atoms with Gasteiger partial charge in [0.2, 0.25) is 10.0 Å². The number of rotatable bonds is 8. The standard InChI is InChI=1S/C19H24N2O5S/c1-5-25-17-11-10-15(13-18(17)26-6-2)20-19(22)14-8-7-9-16(12-14)27(23,24)21(3)4/h7-13H,5-6H2,1-4H3,(H,20,22). The largest absolute Gasteiger partial charge is 0.490 e. The third-order valence-electron chi connectivity index (χ3n) is 3.68. The summed E-state index contributed by atoms with van der Waals surface area (Å²) in [6.45, 7) is 4.69. The van der Waals surface area contributed by atoms with Crippen molar-refractivity contribution in [3.05, 3.63) is 48.0 Å². The van der Waals surface area contributed by atoms with E-state index in [1.54, 1.807) is 24.3 Å². The van der Waals surface area contributed by atoms with Gasteiger partial charge in [0.1, 0.15) is 0 Å². The molecule has 0 saturated heterocycles. The van der Waals surface area contributed by atoms with E-state index in [0.29, 0.717) is 30.4 Å². The first-order valence-electron chi connectivity index (χ1n) is 8.53. The number of nitrogens with zero attached hydrogens (tertiary/aromatic N) is 1. The molecule has 0 saturated carbocycles. The molecule has 1 N–H and O–H groups in total. The number of nitrogens with one attached hydrogen (secondary N) is 1. The second kappa shape index (κ2) is 8.88. The first-order chi connectivity index (χ1) is 12.8. The van der Waals surface area contributed by atoms with E-state index in [4.69, 9.17) is 9.47 Å². The van der Waals surface area contributed by atoms with Gasteiger partial charge in [0.25, 0.3) is 5.91 Å². The molecule has 0 aliphatic carbocycles.